The zero-order valence-corrected chi connectivity index (χ0v) is 16.4. The van der Waals surface area contributed by atoms with Gasteiger partial charge in [0.15, 0.2) is 0 Å². The molecule has 0 bridgehead atoms. The molecule has 0 aliphatic carbocycles. The number of hydrazone groups is 1. The van der Waals surface area contributed by atoms with E-state index < -0.39 is 10.0 Å². The number of rotatable bonds is 5. The SMILES string of the molecule is CC(C)C(=O)N1N=C(c2ccccc2NS(C)(=O)=O)C[C@H]1c1ccccc1. The molecule has 2 aromatic carbocycles. The third kappa shape index (κ3) is 4.36. The van der Waals surface area contributed by atoms with Crippen molar-refractivity contribution in [3.63, 3.8) is 0 Å². The van der Waals surface area contributed by atoms with E-state index in [9.17, 15) is 13.2 Å². The minimum Gasteiger partial charge on any atom is -0.283 e. The Labute approximate surface area is 159 Å². The number of hydrogen-bond donors (Lipinski definition) is 1. The molecule has 1 atom stereocenters. The van der Waals surface area contributed by atoms with E-state index in [1.807, 2.05) is 56.3 Å². The fourth-order valence-electron chi connectivity index (χ4n) is 3.10. The molecule has 0 unspecified atom stereocenters. The Morgan fingerprint density at radius 2 is 1.74 bits per heavy atom. The molecule has 1 aliphatic rings. The first-order chi connectivity index (χ1) is 12.8. The summed E-state index contributed by atoms with van der Waals surface area (Å²) in [5.41, 5.74) is 2.83. The molecule has 0 spiro atoms. The van der Waals surface area contributed by atoms with Gasteiger partial charge in [0.05, 0.1) is 23.7 Å². The topological polar surface area (TPSA) is 78.8 Å². The maximum atomic E-state index is 12.7. The molecule has 0 fully saturated rings. The van der Waals surface area contributed by atoms with Gasteiger partial charge in [-0.3, -0.25) is 9.52 Å². The third-order valence-electron chi connectivity index (χ3n) is 4.35. The van der Waals surface area contributed by atoms with E-state index >= 15 is 0 Å². The molecule has 1 amide bonds. The van der Waals surface area contributed by atoms with Gasteiger partial charge in [-0.2, -0.15) is 5.10 Å². The van der Waals surface area contributed by atoms with Crippen LogP contribution in [0.15, 0.2) is 59.7 Å². The smallest absolute Gasteiger partial charge is 0.245 e. The number of hydrogen-bond acceptors (Lipinski definition) is 4. The number of para-hydroxylation sites is 1. The van der Waals surface area contributed by atoms with E-state index in [4.69, 9.17) is 0 Å². The average molecular weight is 385 g/mol. The van der Waals surface area contributed by atoms with Crippen LogP contribution in [0.3, 0.4) is 0 Å². The van der Waals surface area contributed by atoms with Crippen molar-refractivity contribution in [1.82, 2.24) is 5.01 Å². The second-order valence-corrected chi connectivity index (χ2v) is 8.68. The molecule has 7 heteroatoms. The van der Waals surface area contributed by atoms with Crippen molar-refractivity contribution in [2.75, 3.05) is 11.0 Å². The summed E-state index contributed by atoms with van der Waals surface area (Å²) >= 11 is 0. The van der Waals surface area contributed by atoms with Gasteiger partial charge in [0, 0.05) is 17.9 Å². The Hall–Kier alpha value is -2.67. The highest BCUT2D eigenvalue weighted by Gasteiger charge is 2.34. The second-order valence-electron chi connectivity index (χ2n) is 6.93. The van der Waals surface area contributed by atoms with Gasteiger partial charge in [-0.1, -0.05) is 62.4 Å². The number of carbonyl (C=O) groups excluding carboxylic acids is 1. The number of sulfonamides is 1. The normalized spacial score (nSPS) is 17.1. The van der Waals surface area contributed by atoms with E-state index in [0.29, 0.717) is 23.4 Å². The number of benzene rings is 2. The van der Waals surface area contributed by atoms with Crippen molar-refractivity contribution in [3.05, 3.63) is 65.7 Å². The molecule has 0 saturated carbocycles. The Morgan fingerprint density at radius 3 is 2.37 bits per heavy atom. The first kappa shape index (κ1) is 19.1. The highest BCUT2D eigenvalue weighted by Crippen LogP contribution is 2.35. The quantitative estimate of drug-likeness (QED) is 0.857. The number of anilines is 1. The molecule has 1 N–H and O–H groups in total. The van der Waals surface area contributed by atoms with Crippen LogP contribution < -0.4 is 4.72 Å². The Morgan fingerprint density at radius 1 is 1.11 bits per heavy atom. The number of carbonyl (C=O) groups is 1. The average Bonchev–Trinajstić information content (AvgIpc) is 3.06. The largest absolute Gasteiger partial charge is 0.283 e. The molecule has 1 aliphatic heterocycles. The van der Waals surface area contributed by atoms with Gasteiger partial charge in [0.1, 0.15) is 0 Å². The highest BCUT2D eigenvalue weighted by atomic mass is 32.2. The Balaban J connectivity index is 2.02. The van der Waals surface area contributed by atoms with E-state index in [1.54, 1.807) is 12.1 Å². The van der Waals surface area contributed by atoms with Crippen LogP contribution in [-0.2, 0) is 14.8 Å². The molecule has 3 rings (SSSR count). The maximum absolute atomic E-state index is 12.7. The number of nitrogens with zero attached hydrogens (tertiary/aromatic N) is 2. The van der Waals surface area contributed by atoms with Gasteiger partial charge in [-0.25, -0.2) is 13.4 Å². The second kappa shape index (κ2) is 7.52. The summed E-state index contributed by atoms with van der Waals surface area (Å²) in [7, 11) is -3.42. The molecule has 6 nitrogen and oxygen atoms in total. The summed E-state index contributed by atoms with van der Waals surface area (Å²) in [4.78, 5) is 12.7. The fraction of sp³-hybridized carbons (Fsp3) is 0.300. The lowest BCUT2D eigenvalue weighted by molar-refractivity contribution is -0.136. The highest BCUT2D eigenvalue weighted by molar-refractivity contribution is 7.92. The molecule has 1 heterocycles. The van der Waals surface area contributed by atoms with Crippen LogP contribution in [0.2, 0.25) is 0 Å². The van der Waals surface area contributed by atoms with Crippen LogP contribution in [0.4, 0.5) is 5.69 Å². The van der Waals surface area contributed by atoms with Gasteiger partial charge >= 0.3 is 0 Å². The van der Waals surface area contributed by atoms with Crippen molar-refractivity contribution in [2.24, 2.45) is 11.0 Å². The molecule has 0 radical (unpaired) electrons. The van der Waals surface area contributed by atoms with Crippen LogP contribution in [0, 0.1) is 5.92 Å². The Bertz CT molecular complexity index is 969. The van der Waals surface area contributed by atoms with Crippen molar-refractivity contribution in [1.29, 1.82) is 0 Å². The zero-order valence-electron chi connectivity index (χ0n) is 15.6. The lowest BCUT2D eigenvalue weighted by Gasteiger charge is -2.23. The maximum Gasteiger partial charge on any atom is 0.245 e. The number of amides is 1. The van der Waals surface area contributed by atoms with E-state index in [2.05, 4.69) is 9.82 Å². The summed E-state index contributed by atoms with van der Waals surface area (Å²) in [6.07, 6.45) is 1.63. The Kier molecular flexibility index (Phi) is 5.32. The third-order valence-corrected chi connectivity index (χ3v) is 4.94. The van der Waals surface area contributed by atoms with Gasteiger partial charge in [-0.15, -0.1) is 0 Å². The van der Waals surface area contributed by atoms with E-state index in [1.165, 1.54) is 5.01 Å². The lowest BCUT2D eigenvalue weighted by Crippen LogP contribution is -2.30. The van der Waals surface area contributed by atoms with Crippen LogP contribution in [0.1, 0.15) is 37.4 Å². The van der Waals surface area contributed by atoms with E-state index in [0.717, 1.165) is 11.8 Å². The fourth-order valence-corrected chi connectivity index (χ4v) is 3.68. The minimum atomic E-state index is -3.42. The summed E-state index contributed by atoms with van der Waals surface area (Å²) < 4.78 is 25.9. The van der Waals surface area contributed by atoms with Crippen molar-refractivity contribution in [3.8, 4) is 0 Å². The molecule has 27 heavy (non-hydrogen) atoms. The first-order valence-corrected chi connectivity index (χ1v) is 10.7. The molecular weight excluding hydrogens is 362 g/mol. The molecular formula is C20H23N3O3S. The minimum absolute atomic E-state index is 0.0626. The summed E-state index contributed by atoms with van der Waals surface area (Å²) in [5.74, 6) is -0.254. The van der Waals surface area contributed by atoms with Crippen molar-refractivity contribution < 1.29 is 13.2 Å². The summed E-state index contributed by atoms with van der Waals surface area (Å²) in [5, 5.41) is 6.13. The van der Waals surface area contributed by atoms with Crippen LogP contribution in [0.25, 0.3) is 0 Å². The predicted molar refractivity (Wildman–Crippen MR) is 107 cm³/mol. The molecule has 142 valence electrons. The first-order valence-electron chi connectivity index (χ1n) is 8.79. The van der Waals surface area contributed by atoms with Crippen LogP contribution in [0.5, 0.6) is 0 Å². The van der Waals surface area contributed by atoms with Gasteiger partial charge in [0.2, 0.25) is 15.9 Å². The standard InChI is InChI=1S/C20H23N3O3S/c1-14(2)20(24)23-19(15-9-5-4-6-10-15)13-18(21-23)16-11-7-8-12-17(16)22-27(3,25)26/h4-12,14,19,22H,13H2,1-3H3/t19-/m0/s1. The van der Waals surface area contributed by atoms with Crippen LogP contribution in [-0.4, -0.2) is 31.3 Å². The van der Waals surface area contributed by atoms with Gasteiger partial charge in [0.25, 0.3) is 0 Å². The monoisotopic (exact) mass is 385 g/mol. The molecule has 0 aromatic heterocycles. The van der Waals surface area contributed by atoms with Gasteiger partial charge in [-0.05, 0) is 11.6 Å². The number of nitrogens with one attached hydrogen (secondary N) is 1. The van der Waals surface area contributed by atoms with Crippen LogP contribution >= 0.6 is 0 Å². The van der Waals surface area contributed by atoms with Crippen molar-refractivity contribution >= 4 is 27.3 Å². The predicted octanol–water partition coefficient (Wildman–Crippen LogP) is 3.39. The summed E-state index contributed by atoms with van der Waals surface area (Å²) in [6.45, 7) is 3.69. The van der Waals surface area contributed by atoms with E-state index in [-0.39, 0.29) is 17.9 Å². The van der Waals surface area contributed by atoms with Crippen molar-refractivity contribution in [2.45, 2.75) is 26.3 Å². The zero-order chi connectivity index (χ0) is 19.6. The molecule has 0 saturated heterocycles. The molecule has 2 aromatic rings. The van der Waals surface area contributed by atoms with Gasteiger partial charge < -0.3 is 0 Å². The lowest BCUT2D eigenvalue weighted by atomic mass is 9.97. The summed E-state index contributed by atoms with van der Waals surface area (Å²) in [6, 6.07) is 16.7.